The molecule has 0 saturated heterocycles. The normalized spacial score (nSPS) is 12.8. The van der Waals surface area contributed by atoms with Crippen LogP contribution in [0.3, 0.4) is 0 Å². The molecule has 1 N–H and O–H groups in total. The Hall–Kier alpha value is -2.14. The Balaban J connectivity index is 2.53. The van der Waals surface area contributed by atoms with E-state index in [1.54, 1.807) is 6.92 Å². The zero-order chi connectivity index (χ0) is 20.4. The topological polar surface area (TPSA) is 64.6 Å². The van der Waals surface area contributed by atoms with Crippen molar-refractivity contribution in [2.24, 2.45) is 5.41 Å². The van der Waals surface area contributed by atoms with E-state index in [9.17, 15) is 9.59 Å². The van der Waals surface area contributed by atoms with E-state index in [4.69, 9.17) is 9.47 Å². The van der Waals surface area contributed by atoms with Gasteiger partial charge in [-0.3, -0.25) is 9.59 Å². The van der Waals surface area contributed by atoms with E-state index in [0.29, 0.717) is 6.61 Å². The number of ketones is 1. The molecule has 0 saturated carbocycles. The van der Waals surface area contributed by atoms with Crippen LogP contribution in [-0.4, -0.2) is 37.6 Å². The molecule has 0 aromatic heterocycles. The summed E-state index contributed by atoms with van der Waals surface area (Å²) in [5, 5.41) is 3.15. The van der Waals surface area contributed by atoms with E-state index in [1.807, 2.05) is 65.0 Å². The van der Waals surface area contributed by atoms with Crippen LogP contribution in [0.1, 0.15) is 52.2 Å². The van der Waals surface area contributed by atoms with Crippen LogP contribution in [-0.2, 0) is 19.1 Å². The number of carbonyl (C=O) groups excluding carboxylic acids is 2. The lowest BCUT2D eigenvalue weighted by Gasteiger charge is -2.15. The number of esters is 1. The van der Waals surface area contributed by atoms with Crippen molar-refractivity contribution in [2.45, 2.75) is 54.1 Å². The van der Waals surface area contributed by atoms with Crippen LogP contribution >= 0.6 is 0 Å². The molecule has 150 valence electrons. The molecule has 1 aromatic carbocycles. The first kappa shape index (κ1) is 22.9. The molecular formula is C22H33NO4. The molecule has 1 atom stereocenters. The first-order chi connectivity index (χ1) is 12.6. The number of aryl methyl sites for hydroxylation is 1. The van der Waals surface area contributed by atoms with Gasteiger partial charge in [-0.05, 0) is 70.4 Å². The lowest BCUT2D eigenvalue weighted by Crippen LogP contribution is -2.27. The second kappa shape index (κ2) is 10.9. The first-order valence-electron chi connectivity index (χ1n) is 9.47. The number of benzene rings is 1. The zero-order valence-electron chi connectivity index (χ0n) is 17.4. The van der Waals surface area contributed by atoms with Crippen molar-refractivity contribution >= 4 is 23.5 Å². The number of nitrogens with one attached hydrogen (secondary N) is 1. The highest BCUT2D eigenvalue weighted by atomic mass is 16.5. The maximum Gasteiger partial charge on any atom is 0.311 e. The summed E-state index contributed by atoms with van der Waals surface area (Å²) in [5.41, 5.74) is 2.51. The Morgan fingerprint density at radius 1 is 1.26 bits per heavy atom. The third-order valence-electron chi connectivity index (χ3n) is 3.98. The average Bonchev–Trinajstić information content (AvgIpc) is 2.61. The highest BCUT2D eigenvalue weighted by Crippen LogP contribution is 2.17. The number of ether oxygens (including phenoxy) is 2. The summed E-state index contributed by atoms with van der Waals surface area (Å²) >= 11 is 0. The molecule has 0 aliphatic carbocycles. The maximum atomic E-state index is 12.0. The lowest BCUT2D eigenvalue weighted by atomic mass is 9.97. The molecule has 0 bridgehead atoms. The summed E-state index contributed by atoms with van der Waals surface area (Å²) in [5.74, 6) is -0.184. The van der Waals surface area contributed by atoms with Gasteiger partial charge in [0.15, 0.2) is 5.78 Å². The third-order valence-corrected chi connectivity index (χ3v) is 3.98. The summed E-state index contributed by atoms with van der Waals surface area (Å²) in [4.78, 5) is 23.8. The predicted molar refractivity (Wildman–Crippen MR) is 110 cm³/mol. The monoisotopic (exact) mass is 375 g/mol. The molecule has 0 aliphatic heterocycles. The summed E-state index contributed by atoms with van der Waals surface area (Å²) < 4.78 is 10.7. The Morgan fingerprint density at radius 2 is 1.96 bits per heavy atom. The van der Waals surface area contributed by atoms with E-state index in [1.165, 1.54) is 0 Å². The van der Waals surface area contributed by atoms with Gasteiger partial charge in [0.05, 0.1) is 12.0 Å². The number of carbonyl (C=O) groups is 2. The van der Waals surface area contributed by atoms with E-state index >= 15 is 0 Å². The maximum absolute atomic E-state index is 12.0. The van der Waals surface area contributed by atoms with Crippen molar-refractivity contribution in [3.8, 4) is 0 Å². The van der Waals surface area contributed by atoms with E-state index in [0.717, 1.165) is 23.2 Å². The molecule has 0 spiro atoms. The number of anilines is 1. The molecule has 0 aliphatic rings. The molecule has 27 heavy (non-hydrogen) atoms. The van der Waals surface area contributed by atoms with Gasteiger partial charge >= 0.3 is 5.97 Å². The van der Waals surface area contributed by atoms with Crippen LogP contribution < -0.4 is 5.32 Å². The standard InChI is InChI=1S/C22H33NO4/c1-7-12-26-17(3)20(24)15-23-19-11-10-18(16(2)14-19)9-8-13-27-21(25)22(4,5)6/h8-11,14,17,23H,7,12-13,15H2,1-6H3/b9-8+. The van der Waals surface area contributed by atoms with Gasteiger partial charge in [-0.15, -0.1) is 0 Å². The fraction of sp³-hybridized carbons (Fsp3) is 0.545. The largest absolute Gasteiger partial charge is 0.461 e. The number of hydrogen-bond donors (Lipinski definition) is 1. The van der Waals surface area contributed by atoms with Gasteiger partial charge < -0.3 is 14.8 Å². The molecule has 1 unspecified atom stereocenters. The van der Waals surface area contributed by atoms with E-state index < -0.39 is 11.5 Å². The number of rotatable bonds is 10. The van der Waals surface area contributed by atoms with Gasteiger partial charge in [0.25, 0.3) is 0 Å². The smallest absolute Gasteiger partial charge is 0.311 e. The molecule has 5 nitrogen and oxygen atoms in total. The third kappa shape index (κ3) is 8.39. The molecule has 0 heterocycles. The predicted octanol–water partition coefficient (Wildman–Crippen LogP) is 4.39. The van der Waals surface area contributed by atoms with Gasteiger partial charge in [-0.25, -0.2) is 0 Å². The van der Waals surface area contributed by atoms with E-state index in [-0.39, 0.29) is 24.9 Å². The first-order valence-corrected chi connectivity index (χ1v) is 9.47. The molecule has 0 radical (unpaired) electrons. The second-order valence-corrected chi connectivity index (χ2v) is 7.66. The van der Waals surface area contributed by atoms with E-state index in [2.05, 4.69) is 5.32 Å². The van der Waals surface area contributed by atoms with Crippen LogP contribution in [0, 0.1) is 12.3 Å². The summed E-state index contributed by atoms with van der Waals surface area (Å²) in [6.07, 6.45) is 4.27. The Bertz CT molecular complexity index is 659. The average molecular weight is 376 g/mol. The van der Waals surface area contributed by atoms with Gasteiger partial charge in [0, 0.05) is 12.3 Å². The molecule has 0 fully saturated rings. The van der Waals surface area contributed by atoms with Crippen LogP contribution in [0.5, 0.6) is 0 Å². The molecule has 1 aromatic rings. The SMILES string of the molecule is CCCOC(C)C(=O)CNc1ccc(/C=C/COC(=O)C(C)(C)C)c(C)c1. The lowest BCUT2D eigenvalue weighted by molar-refractivity contribution is -0.151. The minimum Gasteiger partial charge on any atom is -0.461 e. The summed E-state index contributed by atoms with van der Waals surface area (Å²) in [6.45, 7) is 12.4. The van der Waals surface area contributed by atoms with Gasteiger partial charge in [0.1, 0.15) is 12.7 Å². The fourth-order valence-electron chi connectivity index (χ4n) is 2.21. The van der Waals surface area contributed by atoms with Gasteiger partial charge in [-0.2, -0.15) is 0 Å². The zero-order valence-corrected chi connectivity index (χ0v) is 17.4. The van der Waals surface area contributed by atoms with Crippen LogP contribution in [0.2, 0.25) is 0 Å². The fourth-order valence-corrected chi connectivity index (χ4v) is 2.21. The Kier molecular flexibility index (Phi) is 9.22. The van der Waals surface area contributed by atoms with Crippen molar-refractivity contribution in [1.82, 2.24) is 0 Å². The molecule has 1 rings (SSSR count). The van der Waals surface area contributed by atoms with Crippen molar-refractivity contribution < 1.29 is 19.1 Å². The summed E-state index contributed by atoms with van der Waals surface area (Å²) in [6, 6.07) is 5.89. The highest BCUT2D eigenvalue weighted by molar-refractivity contribution is 5.86. The summed E-state index contributed by atoms with van der Waals surface area (Å²) in [7, 11) is 0. The quantitative estimate of drug-likeness (QED) is 0.614. The van der Waals surface area contributed by atoms with Crippen LogP contribution in [0.25, 0.3) is 6.08 Å². The highest BCUT2D eigenvalue weighted by Gasteiger charge is 2.22. The Morgan fingerprint density at radius 3 is 2.56 bits per heavy atom. The van der Waals surface area contributed by atoms with Crippen molar-refractivity contribution in [1.29, 1.82) is 0 Å². The number of Topliss-reactive ketones (excluding diaryl/α,β-unsaturated/α-hetero) is 1. The van der Waals surface area contributed by atoms with Crippen molar-refractivity contribution in [2.75, 3.05) is 25.1 Å². The number of hydrogen-bond acceptors (Lipinski definition) is 5. The van der Waals surface area contributed by atoms with Crippen LogP contribution in [0.4, 0.5) is 5.69 Å². The molecule has 0 amide bonds. The van der Waals surface area contributed by atoms with Gasteiger partial charge in [0.2, 0.25) is 0 Å². The minimum absolute atomic E-state index is 0.0331. The Labute approximate surface area is 163 Å². The van der Waals surface area contributed by atoms with Crippen LogP contribution in [0.15, 0.2) is 24.3 Å². The van der Waals surface area contributed by atoms with Gasteiger partial charge in [-0.1, -0.05) is 19.1 Å². The molecular weight excluding hydrogens is 342 g/mol. The second-order valence-electron chi connectivity index (χ2n) is 7.66. The van der Waals surface area contributed by atoms with Crippen molar-refractivity contribution in [3.05, 3.63) is 35.4 Å². The minimum atomic E-state index is -0.492. The van der Waals surface area contributed by atoms with Crippen molar-refractivity contribution in [3.63, 3.8) is 0 Å². The molecule has 5 heteroatoms.